The summed E-state index contributed by atoms with van der Waals surface area (Å²) in [4.78, 5) is 11.5. The van der Waals surface area contributed by atoms with Gasteiger partial charge in [-0.15, -0.1) is 0 Å². The van der Waals surface area contributed by atoms with E-state index in [0.717, 1.165) is 0 Å². The van der Waals surface area contributed by atoms with Crippen molar-refractivity contribution in [1.82, 2.24) is 5.32 Å². The number of benzene rings is 1. The minimum absolute atomic E-state index is 0.125. The number of thioether (sulfide) groups is 1. The first-order valence-electron chi connectivity index (χ1n) is 7.12. The van der Waals surface area contributed by atoms with Crippen molar-refractivity contribution in [2.45, 2.75) is 43.2 Å². The summed E-state index contributed by atoms with van der Waals surface area (Å²) in [6.07, 6.45) is 0.0510. The van der Waals surface area contributed by atoms with Gasteiger partial charge in [-0.3, -0.25) is 0 Å². The van der Waals surface area contributed by atoms with E-state index in [9.17, 15) is 18.0 Å². The molecular weight excluding hydrogens is 329 g/mol. The summed E-state index contributed by atoms with van der Waals surface area (Å²) >= 11 is -0.150. The van der Waals surface area contributed by atoms with Gasteiger partial charge in [0.2, 0.25) is 0 Å². The molecule has 130 valence electrons. The van der Waals surface area contributed by atoms with Crippen molar-refractivity contribution < 1.29 is 22.7 Å². The molecule has 0 aliphatic carbocycles. The van der Waals surface area contributed by atoms with Crippen LogP contribution in [0.1, 0.15) is 27.2 Å². The summed E-state index contributed by atoms with van der Waals surface area (Å²) in [5.41, 5.74) is -4.46. The molecule has 0 aliphatic rings. The number of anilines is 1. The van der Waals surface area contributed by atoms with E-state index >= 15 is 0 Å². The monoisotopic (exact) mass is 350 g/mol. The molecule has 0 unspecified atom stereocenters. The normalized spacial score (nSPS) is 11.9. The summed E-state index contributed by atoms with van der Waals surface area (Å²) in [5.74, 6) is 0. The number of hydrogen-bond acceptors (Lipinski definition) is 4. The van der Waals surface area contributed by atoms with Gasteiger partial charge in [0.15, 0.2) is 0 Å². The number of carbonyl (C=O) groups is 1. The molecule has 0 aliphatic heterocycles. The zero-order valence-corrected chi connectivity index (χ0v) is 14.1. The van der Waals surface area contributed by atoms with Crippen LogP contribution in [0.3, 0.4) is 0 Å². The highest BCUT2D eigenvalue weighted by molar-refractivity contribution is 8.00. The molecule has 0 aromatic heterocycles. The molecule has 0 atom stereocenters. The number of alkyl halides is 3. The molecule has 1 rings (SSSR count). The van der Waals surface area contributed by atoms with Crippen molar-refractivity contribution in [2.24, 2.45) is 0 Å². The highest BCUT2D eigenvalue weighted by atomic mass is 32.2. The number of hydrogen-bond donors (Lipinski definition) is 2. The van der Waals surface area contributed by atoms with Gasteiger partial charge in [0.1, 0.15) is 5.60 Å². The molecule has 1 aromatic rings. The second kappa shape index (κ2) is 8.33. The Kier molecular flexibility index (Phi) is 7.05. The Morgan fingerprint density at radius 3 is 2.43 bits per heavy atom. The summed E-state index contributed by atoms with van der Waals surface area (Å²) < 4.78 is 42.5. The molecular formula is C15H21F3N2O2S. The van der Waals surface area contributed by atoms with Crippen molar-refractivity contribution in [3.63, 3.8) is 0 Å². The second-order valence-electron chi connectivity index (χ2n) is 5.75. The van der Waals surface area contributed by atoms with Crippen LogP contribution in [0.5, 0.6) is 0 Å². The van der Waals surface area contributed by atoms with Crippen LogP contribution in [0.15, 0.2) is 29.2 Å². The summed E-state index contributed by atoms with van der Waals surface area (Å²) in [5, 5.41) is 5.54. The Bertz CT molecular complexity index is 516. The molecule has 0 fully saturated rings. The SMILES string of the molecule is CC(C)(C)OC(=O)NCCCNc1ccccc1SC(F)(F)F. The number of halogens is 3. The van der Waals surface area contributed by atoms with Crippen LogP contribution in [0.25, 0.3) is 0 Å². The molecule has 0 radical (unpaired) electrons. The zero-order valence-electron chi connectivity index (χ0n) is 13.3. The van der Waals surface area contributed by atoms with E-state index in [4.69, 9.17) is 4.74 Å². The van der Waals surface area contributed by atoms with Gasteiger partial charge in [0.05, 0.1) is 0 Å². The molecule has 0 saturated heterocycles. The molecule has 0 saturated carbocycles. The van der Waals surface area contributed by atoms with E-state index < -0.39 is 17.2 Å². The van der Waals surface area contributed by atoms with Gasteiger partial charge in [0.25, 0.3) is 0 Å². The number of carbonyl (C=O) groups excluding carboxylic acids is 1. The third-order valence-electron chi connectivity index (χ3n) is 2.45. The van der Waals surface area contributed by atoms with Crippen LogP contribution >= 0.6 is 11.8 Å². The lowest BCUT2D eigenvalue weighted by atomic mass is 10.2. The highest BCUT2D eigenvalue weighted by Crippen LogP contribution is 2.40. The van der Waals surface area contributed by atoms with Crippen LogP contribution in [0.4, 0.5) is 23.7 Å². The Hall–Kier alpha value is -1.57. The molecule has 1 aromatic carbocycles. The minimum atomic E-state index is -4.32. The maximum absolute atomic E-state index is 12.5. The van der Waals surface area contributed by atoms with Crippen molar-refractivity contribution >= 4 is 23.5 Å². The summed E-state index contributed by atoms with van der Waals surface area (Å²) in [6.45, 7) is 6.11. The second-order valence-corrected chi connectivity index (χ2v) is 6.86. The first-order valence-corrected chi connectivity index (χ1v) is 7.94. The van der Waals surface area contributed by atoms with Crippen molar-refractivity contribution in [3.05, 3.63) is 24.3 Å². The molecule has 0 spiro atoms. The van der Waals surface area contributed by atoms with Crippen LogP contribution < -0.4 is 10.6 Å². The number of amides is 1. The fraction of sp³-hybridized carbons (Fsp3) is 0.533. The summed E-state index contributed by atoms with van der Waals surface area (Å²) in [6, 6.07) is 6.24. The molecule has 1 amide bonds. The van der Waals surface area contributed by atoms with Gasteiger partial charge in [-0.1, -0.05) is 12.1 Å². The fourth-order valence-corrected chi connectivity index (χ4v) is 2.29. The van der Waals surface area contributed by atoms with Gasteiger partial charge in [0, 0.05) is 23.7 Å². The van der Waals surface area contributed by atoms with E-state index in [1.807, 2.05) is 0 Å². The minimum Gasteiger partial charge on any atom is -0.444 e. The van der Waals surface area contributed by atoms with Crippen molar-refractivity contribution in [3.8, 4) is 0 Å². The Labute approximate surface area is 138 Å². The number of nitrogens with one attached hydrogen (secondary N) is 2. The third-order valence-corrected chi connectivity index (χ3v) is 3.26. The smallest absolute Gasteiger partial charge is 0.444 e. The standard InChI is InChI=1S/C15H21F3N2O2S/c1-14(2,3)22-13(21)20-10-6-9-19-11-7-4-5-8-12(11)23-15(16,17)18/h4-5,7-8,19H,6,9-10H2,1-3H3,(H,20,21). The quantitative estimate of drug-likeness (QED) is 0.580. The zero-order chi connectivity index (χ0) is 17.5. The van der Waals surface area contributed by atoms with Crippen LogP contribution in [0, 0.1) is 0 Å². The van der Waals surface area contributed by atoms with Crippen LogP contribution in [-0.4, -0.2) is 30.3 Å². The fourth-order valence-electron chi connectivity index (χ4n) is 1.64. The Morgan fingerprint density at radius 1 is 1.17 bits per heavy atom. The topological polar surface area (TPSA) is 50.4 Å². The predicted molar refractivity (Wildman–Crippen MR) is 85.7 cm³/mol. The van der Waals surface area contributed by atoms with Gasteiger partial charge in [-0.05, 0) is 51.1 Å². The summed E-state index contributed by atoms with van der Waals surface area (Å²) in [7, 11) is 0. The van der Waals surface area contributed by atoms with E-state index in [-0.39, 0.29) is 16.7 Å². The average Bonchev–Trinajstić information content (AvgIpc) is 2.36. The third kappa shape index (κ3) is 9.22. The van der Waals surface area contributed by atoms with E-state index in [1.165, 1.54) is 6.07 Å². The Morgan fingerprint density at radius 2 is 1.83 bits per heavy atom. The number of alkyl carbamates (subject to hydrolysis) is 1. The first-order chi connectivity index (χ1) is 10.6. The van der Waals surface area contributed by atoms with Crippen molar-refractivity contribution in [1.29, 1.82) is 0 Å². The Balaban J connectivity index is 2.35. The molecule has 0 heterocycles. The largest absolute Gasteiger partial charge is 0.446 e. The van der Waals surface area contributed by atoms with Crippen molar-refractivity contribution in [2.75, 3.05) is 18.4 Å². The van der Waals surface area contributed by atoms with E-state index in [0.29, 0.717) is 25.2 Å². The maximum atomic E-state index is 12.5. The molecule has 8 heteroatoms. The van der Waals surface area contributed by atoms with Gasteiger partial charge in [-0.2, -0.15) is 13.2 Å². The average molecular weight is 350 g/mol. The molecule has 2 N–H and O–H groups in total. The van der Waals surface area contributed by atoms with Gasteiger partial charge in [-0.25, -0.2) is 4.79 Å². The van der Waals surface area contributed by atoms with E-state index in [2.05, 4.69) is 10.6 Å². The number of para-hydroxylation sites is 1. The van der Waals surface area contributed by atoms with Crippen LogP contribution in [0.2, 0.25) is 0 Å². The predicted octanol–water partition coefficient (Wildman–Crippen LogP) is 4.63. The lowest BCUT2D eigenvalue weighted by Crippen LogP contribution is -2.33. The molecule has 0 bridgehead atoms. The molecule has 4 nitrogen and oxygen atoms in total. The molecule has 23 heavy (non-hydrogen) atoms. The maximum Gasteiger partial charge on any atom is 0.446 e. The van der Waals surface area contributed by atoms with Gasteiger partial charge >= 0.3 is 11.6 Å². The lowest BCUT2D eigenvalue weighted by Gasteiger charge is -2.19. The van der Waals surface area contributed by atoms with E-state index in [1.54, 1.807) is 39.0 Å². The number of rotatable bonds is 6. The number of ether oxygens (including phenoxy) is 1. The lowest BCUT2D eigenvalue weighted by molar-refractivity contribution is -0.0328. The first kappa shape index (κ1) is 19.5. The highest BCUT2D eigenvalue weighted by Gasteiger charge is 2.30. The van der Waals surface area contributed by atoms with Gasteiger partial charge < -0.3 is 15.4 Å². The van der Waals surface area contributed by atoms with Crippen LogP contribution in [-0.2, 0) is 4.74 Å².